The first-order valence-corrected chi connectivity index (χ1v) is 9.59. The lowest BCUT2D eigenvalue weighted by Crippen LogP contribution is -2.02. The van der Waals surface area contributed by atoms with Gasteiger partial charge in [-0.3, -0.25) is 0 Å². The van der Waals surface area contributed by atoms with Crippen LogP contribution in [0.5, 0.6) is 0 Å². The van der Waals surface area contributed by atoms with Crippen molar-refractivity contribution in [1.29, 1.82) is 0 Å². The molecule has 0 aliphatic heterocycles. The first-order chi connectivity index (χ1) is 11.3. The van der Waals surface area contributed by atoms with Gasteiger partial charge in [0, 0.05) is 17.5 Å². The highest BCUT2D eigenvalue weighted by Gasteiger charge is 2.12. The maximum atomic E-state index is 11.6. The lowest BCUT2D eigenvalue weighted by atomic mass is 10.0. The van der Waals surface area contributed by atoms with Gasteiger partial charge in [-0.1, -0.05) is 24.3 Å². The number of aryl methyl sites for hydroxylation is 3. The predicted molar refractivity (Wildman–Crippen MR) is 96.3 cm³/mol. The van der Waals surface area contributed by atoms with Crippen molar-refractivity contribution < 1.29 is 8.42 Å². The summed E-state index contributed by atoms with van der Waals surface area (Å²) in [5.41, 5.74) is 6.15. The van der Waals surface area contributed by atoms with Gasteiger partial charge >= 0.3 is 0 Å². The van der Waals surface area contributed by atoms with Crippen LogP contribution in [0.4, 0.5) is 0 Å². The lowest BCUT2D eigenvalue weighted by Gasteiger charge is -2.13. The van der Waals surface area contributed by atoms with Crippen molar-refractivity contribution in [3.8, 4) is 16.8 Å². The number of rotatable bonds is 3. The van der Waals surface area contributed by atoms with Crippen molar-refractivity contribution in [1.82, 2.24) is 9.78 Å². The van der Waals surface area contributed by atoms with Gasteiger partial charge in [0.2, 0.25) is 0 Å². The molecule has 4 nitrogen and oxygen atoms in total. The van der Waals surface area contributed by atoms with Crippen LogP contribution in [-0.4, -0.2) is 24.5 Å². The molecule has 0 atom stereocenters. The zero-order valence-electron chi connectivity index (χ0n) is 14.2. The molecule has 0 N–H and O–H groups in total. The van der Waals surface area contributed by atoms with Gasteiger partial charge in [-0.15, -0.1) is 0 Å². The SMILES string of the molecule is Cc1ccc(-c2ccc(S(C)(=O)=O)cc2)c(-n2nc(C)cc2C)c1. The number of hydrogen-bond donors (Lipinski definition) is 0. The monoisotopic (exact) mass is 340 g/mol. The molecule has 24 heavy (non-hydrogen) atoms. The van der Waals surface area contributed by atoms with Gasteiger partial charge < -0.3 is 0 Å². The number of aromatic nitrogens is 2. The summed E-state index contributed by atoms with van der Waals surface area (Å²) < 4.78 is 25.2. The molecule has 0 fully saturated rings. The summed E-state index contributed by atoms with van der Waals surface area (Å²) in [6.45, 7) is 6.05. The van der Waals surface area contributed by atoms with E-state index >= 15 is 0 Å². The minimum Gasteiger partial charge on any atom is -0.237 e. The van der Waals surface area contributed by atoms with E-state index in [2.05, 4.69) is 23.3 Å². The summed E-state index contributed by atoms with van der Waals surface area (Å²) in [5, 5.41) is 4.59. The zero-order valence-corrected chi connectivity index (χ0v) is 15.1. The van der Waals surface area contributed by atoms with E-state index in [0.717, 1.165) is 33.8 Å². The Hall–Kier alpha value is -2.40. The molecule has 5 heteroatoms. The topological polar surface area (TPSA) is 52.0 Å². The fourth-order valence-electron chi connectivity index (χ4n) is 2.82. The van der Waals surface area contributed by atoms with Gasteiger partial charge in [0.1, 0.15) is 0 Å². The van der Waals surface area contributed by atoms with Crippen molar-refractivity contribution in [2.75, 3.05) is 6.26 Å². The summed E-state index contributed by atoms with van der Waals surface area (Å²) in [6.07, 6.45) is 1.22. The minimum atomic E-state index is -3.19. The fraction of sp³-hybridized carbons (Fsp3) is 0.211. The third-order valence-electron chi connectivity index (χ3n) is 3.98. The second-order valence-corrected chi connectivity index (χ2v) is 8.17. The summed E-state index contributed by atoms with van der Waals surface area (Å²) >= 11 is 0. The smallest absolute Gasteiger partial charge is 0.175 e. The third kappa shape index (κ3) is 3.12. The maximum absolute atomic E-state index is 11.6. The first kappa shape index (κ1) is 16.5. The maximum Gasteiger partial charge on any atom is 0.175 e. The standard InChI is InChI=1S/C19H20N2O2S/c1-13-5-10-18(16-6-8-17(9-7-16)24(4,22)23)19(11-13)21-15(3)12-14(2)20-21/h5-12H,1-4H3. The van der Waals surface area contributed by atoms with Crippen LogP contribution in [0.2, 0.25) is 0 Å². The Morgan fingerprint density at radius 3 is 2.12 bits per heavy atom. The first-order valence-electron chi connectivity index (χ1n) is 7.70. The fourth-order valence-corrected chi connectivity index (χ4v) is 3.45. The normalized spacial score (nSPS) is 11.7. The van der Waals surface area contributed by atoms with Gasteiger partial charge in [-0.2, -0.15) is 5.10 Å². The highest BCUT2D eigenvalue weighted by molar-refractivity contribution is 7.90. The van der Waals surface area contributed by atoms with E-state index in [1.807, 2.05) is 43.7 Å². The molecule has 0 spiro atoms. The van der Waals surface area contributed by atoms with Crippen molar-refractivity contribution >= 4 is 9.84 Å². The molecule has 0 saturated carbocycles. The Labute approximate surface area is 142 Å². The lowest BCUT2D eigenvalue weighted by molar-refractivity contribution is 0.602. The molecule has 0 aliphatic rings. The molecule has 0 amide bonds. The van der Waals surface area contributed by atoms with Crippen LogP contribution in [-0.2, 0) is 9.84 Å². The second-order valence-electron chi connectivity index (χ2n) is 6.16. The summed E-state index contributed by atoms with van der Waals surface area (Å²) in [6, 6.07) is 15.2. The predicted octanol–water partition coefficient (Wildman–Crippen LogP) is 3.87. The van der Waals surface area contributed by atoms with Crippen LogP contribution in [0.1, 0.15) is 17.0 Å². The highest BCUT2D eigenvalue weighted by atomic mass is 32.2. The van der Waals surface area contributed by atoms with Crippen LogP contribution in [0, 0.1) is 20.8 Å². The van der Waals surface area contributed by atoms with Crippen LogP contribution in [0.15, 0.2) is 53.4 Å². The summed E-state index contributed by atoms with van der Waals surface area (Å²) in [5.74, 6) is 0. The average Bonchev–Trinajstić information content (AvgIpc) is 2.85. The molecule has 124 valence electrons. The Morgan fingerprint density at radius 1 is 0.917 bits per heavy atom. The average molecular weight is 340 g/mol. The molecule has 1 aromatic heterocycles. The van der Waals surface area contributed by atoms with Gasteiger partial charge in [-0.05, 0) is 56.2 Å². The van der Waals surface area contributed by atoms with E-state index in [1.165, 1.54) is 6.26 Å². The van der Waals surface area contributed by atoms with E-state index in [-0.39, 0.29) is 0 Å². The Bertz CT molecular complexity index is 1000. The molecule has 1 heterocycles. The van der Waals surface area contributed by atoms with Gasteiger partial charge in [0.05, 0.1) is 16.3 Å². The second kappa shape index (κ2) is 5.91. The Balaban J connectivity index is 2.17. The van der Waals surface area contributed by atoms with Crippen molar-refractivity contribution in [3.63, 3.8) is 0 Å². The van der Waals surface area contributed by atoms with Crippen LogP contribution in [0.3, 0.4) is 0 Å². The van der Waals surface area contributed by atoms with Crippen LogP contribution < -0.4 is 0 Å². The van der Waals surface area contributed by atoms with Gasteiger partial charge in [0.25, 0.3) is 0 Å². The molecule has 2 aromatic carbocycles. The summed E-state index contributed by atoms with van der Waals surface area (Å²) in [4.78, 5) is 0.325. The Kier molecular flexibility index (Phi) is 4.05. The molecule has 0 aliphatic carbocycles. The minimum absolute atomic E-state index is 0.325. The van der Waals surface area contributed by atoms with E-state index in [0.29, 0.717) is 4.90 Å². The van der Waals surface area contributed by atoms with Gasteiger partial charge in [-0.25, -0.2) is 13.1 Å². The molecule has 0 saturated heterocycles. The van der Waals surface area contributed by atoms with E-state index in [4.69, 9.17) is 0 Å². The van der Waals surface area contributed by atoms with Crippen molar-refractivity contribution in [3.05, 3.63) is 65.5 Å². The molecule has 3 aromatic rings. The van der Waals surface area contributed by atoms with E-state index in [1.54, 1.807) is 12.1 Å². The molecular formula is C19H20N2O2S. The van der Waals surface area contributed by atoms with E-state index < -0.39 is 9.84 Å². The number of benzene rings is 2. The molecule has 0 unspecified atom stereocenters. The van der Waals surface area contributed by atoms with Crippen LogP contribution in [0.25, 0.3) is 16.8 Å². The number of nitrogens with zero attached hydrogens (tertiary/aromatic N) is 2. The van der Waals surface area contributed by atoms with Crippen LogP contribution >= 0.6 is 0 Å². The quantitative estimate of drug-likeness (QED) is 0.727. The van der Waals surface area contributed by atoms with E-state index in [9.17, 15) is 8.42 Å². The van der Waals surface area contributed by atoms with Gasteiger partial charge in [0.15, 0.2) is 9.84 Å². The highest BCUT2D eigenvalue weighted by Crippen LogP contribution is 2.29. The number of hydrogen-bond acceptors (Lipinski definition) is 3. The molecule has 0 bridgehead atoms. The third-order valence-corrected chi connectivity index (χ3v) is 5.11. The molecule has 0 radical (unpaired) electrons. The summed E-state index contributed by atoms with van der Waals surface area (Å²) in [7, 11) is -3.19. The molecular weight excluding hydrogens is 320 g/mol. The largest absolute Gasteiger partial charge is 0.237 e. The number of sulfone groups is 1. The molecule has 3 rings (SSSR count). The zero-order chi connectivity index (χ0) is 17.5. The Morgan fingerprint density at radius 2 is 1.58 bits per heavy atom. The van der Waals surface area contributed by atoms with Crippen molar-refractivity contribution in [2.24, 2.45) is 0 Å². The van der Waals surface area contributed by atoms with Crippen molar-refractivity contribution in [2.45, 2.75) is 25.7 Å².